The summed E-state index contributed by atoms with van der Waals surface area (Å²) >= 11 is 0. The van der Waals surface area contributed by atoms with Crippen LogP contribution < -0.4 is 0 Å². The smallest absolute Gasteiger partial charge is 0.309 e. The van der Waals surface area contributed by atoms with Gasteiger partial charge in [-0.3, -0.25) is 4.79 Å². The van der Waals surface area contributed by atoms with Crippen molar-refractivity contribution >= 4 is 5.97 Å². The third-order valence-corrected chi connectivity index (χ3v) is 1.94. The van der Waals surface area contributed by atoms with Crippen molar-refractivity contribution in [2.45, 2.75) is 25.4 Å². The molecule has 0 heterocycles. The van der Waals surface area contributed by atoms with E-state index in [0.29, 0.717) is 6.61 Å². The summed E-state index contributed by atoms with van der Waals surface area (Å²) < 4.78 is 4.71. The van der Waals surface area contributed by atoms with Gasteiger partial charge in [0.05, 0.1) is 18.8 Å². The highest BCUT2D eigenvalue weighted by Crippen LogP contribution is 2.25. The summed E-state index contributed by atoms with van der Waals surface area (Å²) in [5.41, 5.74) is -1.30. The van der Waals surface area contributed by atoms with E-state index in [9.17, 15) is 15.0 Å². The predicted octanol–water partition coefficient (Wildman–Crippen LogP) is 1.07. The number of ether oxygens (including phenoxy) is 1. The van der Waals surface area contributed by atoms with Crippen molar-refractivity contribution in [3.05, 3.63) is 24.0 Å². The molecule has 1 aliphatic rings. The molecule has 1 rings (SSSR count). The van der Waals surface area contributed by atoms with Gasteiger partial charge in [-0.15, -0.1) is 0 Å². The first kappa shape index (κ1) is 10.8. The molecule has 4 heteroatoms. The fourth-order valence-corrected chi connectivity index (χ4v) is 1.35. The van der Waals surface area contributed by atoms with Crippen LogP contribution >= 0.6 is 0 Å². The van der Waals surface area contributed by atoms with Gasteiger partial charge in [0.2, 0.25) is 0 Å². The minimum Gasteiger partial charge on any atom is -0.512 e. The van der Waals surface area contributed by atoms with Crippen LogP contribution in [0.25, 0.3) is 0 Å². The van der Waals surface area contributed by atoms with Gasteiger partial charge in [-0.25, -0.2) is 0 Å². The van der Waals surface area contributed by atoms with E-state index in [1.54, 1.807) is 6.92 Å². The Morgan fingerprint density at radius 3 is 3.00 bits per heavy atom. The van der Waals surface area contributed by atoms with Gasteiger partial charge in [-0.2, -0.15) is 0 Å². The maximum atomic E-state index is 11.1. The zero-order valence-corrected chi connectivity index (χ0v) is 8.06. The van der Waals surface area contributed by atoms with Crippen molar-refractivity contribution in [3.8, 4) is 0 Å². The van der Waals surface area contributed by atoms with Crippen molar-refractivity contribution in [2.24, 2.45) is 0 Å². The molecule has 0 saturated heterocycles. The number of esters is 1. The monoisotopic (exact) mass is 198 g/mol. The summed E-state index contributed by atoms with van der Waals surface area (Å²) in [6.07, 6.45) is 4.43. The first-order chi connectivity index (χ1) is 6.56. The number of aliphatic hydroxyl groups excluding tert-OH is 1. The summed E-state index contributed by atoms with van der Waals surface area (Å²) in [6, 6.07) is 0. The normalized spacial score (nSPS) is 25.7. The van der Waals surface area contributed by atoms with E-state index in [2.05, 4.69) is 0 Å². The Kier molecular flexibility index (Phi) is 3.30. The van der Waals surface area contributed by atoms with E-state index >= 15 is 0 Å². The number of aliphatic hydroxyl groups is 2. The summed E-state index contributed by atoms with van der Waals surface area (Å²) in [4.78, 5) is 11.1. The van der Waals surface area contributed by atoms with E-state index in [4.69, 9.17) is 4.74 Å². The number of hydrogen-bond acceptors (Lipinski definition) is 4. The second kappa shape index (κ2) is 4.28. The number of carbonyl (C=O) groups is 1. The molecule has 2 N–H and O–H groups in total. The second-order valence-corrected chi connectivity index (χ2v) is 3.28. The molecule has 0 aliphatic heterocycles. The van der Waals surface area contributed by atoms with Crippen LogP contribution in [-0.4, -0.2) is 28.4 Å². The molecule has 4 nitrogen and oxygen atoms in total. The molecule has 0 aromatic heterocycles. The Hall–Kier alpha value is -1.29. The molecule has 0 spiro atoms. The minimum atomic E-state index is -1.30. The Bertz CT molecular complexity index is 280. The van der Waals surface area contributed by atoms with Crippen LogP contribution in [0.2, 0.25) is 0 Å². The lowest BCUT2D eigenvalue weighted by Crippen LogP contribution is -2.32. The van der Waals surface area contributed by atoms with Crippen LogP contribution in [0.3, 0.4) is 0 Å². The van der Waals surface area contributed by atoms with Gasteiger partial charge in [0.15, 0.2) is 0 Å². The van der Waals surface area contributed by atoms with Gasteiger partial charge < -0.3 is 14.9 Å². The van der Waals surface area contributed by atoms with Crippen LogP contribution in [0.1, 0.15) is 19.8 Å². The maximum absolute atomic E-state index is 11.1. The number of allylic oxidation sites excluding steroid dienone is 2. The first-order valence-electron chi connectivity index (χ1n) is 4.51. The molecule has 14 heavy (non-hydrogen) atoms. The first-order valence-corrected chi connectivity index (χ1v) is 4.51. The molecule has 0 aromatic rings. The molecule has 78 valence electrons. The molecule has 1 unspecified atom stereocenters. The van der Waals surface area contributed by atoms with E-state index in [1.807, 2.05) is 0 Å². The third-order valence-electron chi connectivity index (χ3n) is 1.94. The Labute approximate surface area is 82.5 Å². The number of hydrogen-bond donors (Lipinski definition) is 2. The lowest BCUT2D eigenvalue weighted by Gasteiger charge is -2.25. The second-order valence-electron chi connectivity index (χ2n) is 3.28. The topological polar surface area (TPSA) is 66.8 Å². The fraction of sp³-hybridized carbons (Fsp3) is 0.500. The SMILES string of the molecule is CCOC(=O)CC1(O)C=CC=C(O)C1. The summed E-state index contributed by atoms with van der Waals surface area (Å²) in [5, 5.41) is 19.0. The van der Waals surface area contributed by atoms with Crippen LogP contribution in [0.15, 0.2) is 24.0 Å². The quantitative estimate of drug-likeness (QED) is 0.666. The minimum absolute atomic E-state index is 0.0579. The average molecular weight is 198 g/mol. The molecule has 0 radical (unpaired) electrons. The van der Waals surface area contributed by atoms with Crippen LogP contribution in [0.5, 0.6) is 0 Å². The van der Waals surface area contributed by atoms with Crippen LogP contribution in [-0.2, 0) is 9.53 Å². The van der Waals surface area contributed by atoms with Crippen LogP contribution in [0, 0.1) is 0 Å². The fourth-order valence-electron chi connectivity index (χ4n) is 1.35. The van der Waals surface area contributed by atoms with E-state index in [0.717, 1.165) is 0 Å². The van der Waals surface area contributed by atoms with Crippen molar-refractivity contribution in [1.29, 1.82) is 0 Å². The predicted molar refractivity (Wildman–Crippen MR) is 50.7 cm³/mol. The molecular formula is C10H14O4. The lowest BCUT2D eigenvalue weighted by molar-refractivity contribution is -0.147. The Balaban J connectivity index is 2.56. The lowest BCUT2D eigenvalue weighted by atomic mass is 9.91. The van der Waals surface area contributed by atoms with E-state index < -0.39 is 11.6 Å². The highest BCUT2D eigenvalue weighted by Gasteiger charge is 2.30. The van der Waals surface area contributed by atoms with Crippen molar-refractivity contribution in [3.63, 3.8) is 0 Å². The van der Waals surface area contributed by atoms with Gasteiger partial charge in [0, 0.05) is 6.42 Å². The highest BCUT2D eigenvalue weighted by atomic mass is 16.5. The molecule has 0 aromatic carbocycles. The zero-order valence-electron chi connectivity index (χ0n) is 8.06. The Morgan fingerprint density at radius 2 is 2.43 bits per heavy atom. The summed E-state index contributed by atoms with van der Waals surface area (Å²) in [5.74, 6) is -0.395. The zero-order chi connectivity index (χ0) is 10.6. The maximum Gasteiger partial charge on any atom is 0.309 e. The van der Waals surface area contributed by atoms with E-state index in [1.165, 1.54) is 18.2 Å². The highest BCUT2D eigenvalue weighted by molar-refractivity contribution is 5.71. The van der Waals surface area contributed by atoms with Gasteiger partial charge in [-0.05, 0) is 13.0 Å². The summed E-state index contributed by atoms with van der Waals surface area (Å²) in [6.45, 7) is 2.00. The van der Waals surface area contributed by atoms with Gasteiger partial charge in [0.25, 0.3) is 0 Å². The van der Waals surface area contributed by atoms with Crippen molar-refractivity contribution in [1.82, 2.24) is 0 Å². The summed E-state index contributed by atoms with van der Waals surface area (Å²) in [7, 11) is 0. The van der Waals surface area contributed by atoms with Crippen LogP contribution in [0.4, 0.5) is 0 Å². The molecular weight excluding hydrogens is 184 g/mol. The molecule has 0 saturated carbocycles. The Morgan fingerprint density at radius 1 is 1.71 bits per heavy atom. The number of rotatable bonds is 3. The molecule has 0 bridgehead atoms. The average Bonchev–Trinajstić information content (AvgIpc) is 2.02. The van der Waals surface area contributed by atoms with Gasteiger partial charge in [0.1, 0.15) is 5.60 Å². The molecule has 0 fully saturated rings. The van der Waals surface area contributed by atoms with E-state index in [-0.39, 0.29) is 18.6 Å². The van der Waals surface area contributed by atoms with Crippen molar-refractivity contribution < 1.29 is 19.7 Å². The largest absolute Gasteiger partial charge is 0.512 e. The van der Waals surface area contributed by atoms with Crippen molar-refractivity contribution in [2.75, 3.05) is 6.61 Å². The van der Waals surface area contributed by atoms with Gasteiger partial charge >= 0.3 is 5.97 Å². The molecule has 1 atom stereocenters. The molecule has 0 amide bonds. The molecule has 1 aliphatic carbocycles. The number of carbonyl (C=O) groups excluding carboxylic acids is 1. The third kappa shape index (κ3) is 2.88. The standard InChI is InChI=1S/C10H14O4/c1-2-14-9(12)7-10(13)5-3-4-8(11)6-10/h3-5,11,13H,2,6-7H2,1H3. The van der Waals surface area contributed by atoms with Gasteiger partial charge in [-0.1, -0.05) is 12.2 Å².